The minimum absolute atomic E-state index is 0.0756. The largest absolute Gasteiger partial charge is 0.450 e. The predicted octanol–water partition coefficient (Wildman–Crippen LogP) is 3.61. The lowest BCUT2D eigenvalue weighted by Crippen LogP contribution is -2.00. The summed E-state index contributed by atoms with van der Waals surface area (Å²) in [5, 5.41) is 10.9. The van der Waals surface area contributed by atoms with Gasteiger partial charge in [-0.05, 0) is 24.3 Å². The third-order valence-electron chi connectivity index (χ3n) is 2.52. The number of para-hydroxylation sites is 2. The second-order valence-corrected chi connectivity index (χ2v) is 4.70. The molecule has 0 atom stereocenters. The second kappa shape index (κ2) is 5.81. The zero-order chi connectivity index (χ0) is 13.8. The van der Waals surface area contributed by atoms with E-state index in [-0.39, 0.29) is 18.0 Å². The smallest absolute Gasteiger partial charge is 0.311 e. The van der Waals surface area contributed by atoms with Crippen LogP contribution < -0.4 is 10.5 Å². The van der Waals surface area contributed by atoms with Crippen molar-refractivity contribution in [3.63, 3.8) is 0 Å². The molecule has 6 heteroatoms. The molecule has 0 unspecified atom stereocenters. The number of benzene rings is 2. The van der Waals surface area contributed by atoms with E-state index in [9.17, 15) is 10.1 Å². The summed E-state index contributed by atoms with van der Waals surface area (Å²) in [6, 6.07) is 11.6. The Bertz CT molecular complexity index is 617. The summed E-state index contributed by atoms with van der Waals surface area (Å²) in [6.45, 7) is 0.287. The highest BCUT2D eigenvalue weighted by Gasteiger charge is 2.15. The van der Waals surface area contributed by atoms with Crippen molar-refractivity contribution in [1.29, 1.82) is 0 Å². The number of nitrogens with two attached hydrogens (primary N) is 1. The number of ether oxygens (including phenoxy) is 1. The lowest BCUT2D eigenvalue weighted by Gasteiger charge is -2.10. The molecule has 5 nitrogen and oxygen atoms in total. The molecular formula is C13H11BrN2O3. The van der Waals surface area contributed by atoms with Gasteiger partial charge in [0.2, 0.25) is 5.75 Å². The topological polar surface area (TPSA) is 78.4 Å². The van der Waals surface area contributed by atoms with Crippen molar-refractivity contribution in [2.75, 3.05) is 0 Å². The van der Waals surface area contributed by atoms with E-state index in [0.717, 1.165) is 10.0 Å². The van der Waals surface area contributed by atoms with Crippen molar-refractivity contribution in [2.24, 2.45) is 5.73 Å². The zero-order valence-electron chi connectivity index (χ0n) is 9.88. The van der Waals surface area contributed by atoms with Gasteiger partial charge >= 0.3 is 5.69 Å². The maximum absolute atomic E-state index is 10.9. The van der Waals surface area contributed by atoms with E-state index in [1.807, 2.05) is 6.07 Å². The molecular weight excluding hydrogens is 312 g/mol. The van der Waals surface area contributed by atoms with Gasteiger partial charge in [0.1, 0.15) is 5.75 Å². The molecule has 2 aromatic rings. The number of nitro groups is 1. The van der Waals surface area contributed by atoms with Crippen LogP contribution in [0.15, 0.2) is 46.9 Å². The maximum atomic E-state index is 10.9. The van der Waals surface area contributed by atoms with Gasteiger partial charge < -0.3 is 10.5 Å². The molecule has 0 aliphatic rings. The van der Waals surface area contributed by atoms with Crippen molar-refractivity contribution in [1.82, 2.24) is 0 Å². The molecule has 98 valence electrons. The monoisotopic (exact) mass is 322 g/mol. The number of hydrogen-bond acceptors (Lipinski definition) is 4. The standard InChI is InChI=1S/C13H11BrN2O3/c14-10-5-6-12(9(7-10)8-15)19-13-4-2-1-3-11(13)16(17)18/h1-7H,8,15H2. The van der Waals surface area contributed by atoms with Gasteiger partial charge in [-0.15, -0.1) is 0 Å². The Morgan fingerprint density at radius 2 is 1.95 bits per heavy atom. The van der Waals surface area contributed by atoms with Gasteiger partial charge in [-0.2, -0.15) is 0 Å². The predicted molar refractivity (Wildman–Crippen MR) is 75.2 cm³/mol. The van der Waals surface area contributed by atoms with Crippen LogP contribution in [-0.2, 0) is 6.54 Å². The van der Waals surface area contributed by atoms with Crippen LogP contribution in [0.2, 0.25) is 0 Å². The summed E-state index contributed by atoms with van der Waals surface area (Å²) < 4.78 is 6.48. The molecule has 2 aromatic carbocycles. The molecule has 0 spiro atoms. The zero-order valence-corrected chi connectivity index (χ0v) is 11.5. The van der Waals surface area contributed by atoms with Crippen LogP contribution in [0.25, 0.3) is 0 Å². The SMILES string of the molecule is NCc1cc(Br)ccc1Oc1ccccc1[N+](=O)[O-]. The van der Waals surface area contributed by atoms with Crippen LogP contribution in [0, 0.1) is 10.1 Å². The quantitative estimate of drug-likeness (QED) is 0.689. The average molecular weight is 323 g/mol. The number of halogens is 1. The van der Waals surface area contributed by atoms with Crippen LogP contribution in [0.1, 0.15) is 5.56 Å². The first-order chi connectivity index (χ1) is 9.11. The van der Waals surface area contributed by atoms with Gasteiger partial charge in [-0.3, -0.25) is 10.1 Å². The fraction of sp³-hybridized carbons (Fsp3) is 0.0769. The minimum Gasteiger partial charge on any atom is -0.450 e. The molecule has 0 radical (unpaired) electrons. The van der Waals surface area contributed by atoms with E-state index in [0.29, 0.717) is 5.75 Å². The van der Waals surface area contributed by atoms with Crippen molar-refractivity contribution >= 4 is 21.6 Å². The highest BCUT2D eigenvalue weighted by molar-refractivity contribution is 9.10. The number of rotatable bonds is 4. The molecule has 0 saturated carbocycles. The highest BCUT2D eigenvalue weighted by atomic mass is 79.9. The first kappa shape index (κ1) is 13.5. The van der Waals surface area contributed by atoms with E-state index in [2.05, 4.69) is 15.9 Å². The molecule has 2 N–H and O–H groups in total. The maximum Gasteiger partial charge on any atom is 0.311 e. The van der Waals surface area contributed by atoms with E-state index in [1.54, 1.807) is 30.3 Å². The van der Waals surface area contributed by atoms with E-state index in [4.69, 9.17) is 10.5 Å². The van der Waals surface area contributed by atoms with E-state index in [1.165, 1.54) is 6.07 Å². The Hall–Kier alpha value is -1.92. The fourth-order valence-electron chi connectivity index (χ4n) is 1.62. The third kappa shape index (κ3) is 3.10. The molecule has 2 rings (SSSR count). The van der Waals surface area contributed by atoms with E-state index >= 15 is 0 Å². The molecule has 0 aromatic heterocycles. The van der Waals surface area contributed by atoms with Crippen LogP contribution in [0.3, 0.4) is 0 Å². The summed E-state index contributed by atoms with van der Waals surface area (Å²) in [6.07, 6.45) is 0. The van der Waals surface area contributed by atoms with Crippen LogP contribution in [-0.4, -0.2) is 4.92 Å². The molecule has 19 heavy (non-hydrogen) atoms. The normalized spacial score (nSPS) is 10.2. The van der Waals surface area contributed by atoms with Crippen molar-refractivity contribution in [2.45, 2.75) is 6.54 Å². The van der Waals surface area contributed by atoms with E-state index < -0.39 is 4.92 Å². The Kier molecular flexibility index (Phi) is 4.13. The molecule has 0 heterocycles. The lowest BCUT2D eigenvalue weighted by atomic mass is 10.2. The fourth-order valence-corrected chi connectivity index (χ4v) is 2.03. The van der Waals surface area contributed by atoms with Gasteiger partial charge in [0.25, 0.3) is 0 Å². The van der Waals surface area contributed by atoms with Crippen molar-refractivity contribution in [3.8, 4) is 11.5 Å². The molecule has 0 saturated heterocycles. The summed E-state index contributed by atoms with van der Waals surface area (Å²) in [5.41, 5.74) is 6.33. The summed E-state index contributed by atoms with van der Waals surface area (Å²) in [5.74, 6) is 0.713. The average Bonchev–Trinajstić information content (AvgIpc) is 2.41. The van der Waals surface area contributed by atoms with Crippen LogP contribution in [0.5, 0.6) is 11.5 Å². The molecule has 0 fully saturated rings. The molecule has 0 amide bonds. The van der Waals surface area contributed by atoms with Gasteiger partial charge in [0.15, 0.2) is 0 Å². The number of nitro benzene ring substituents is 1. The van der Waals surface area contributed by atoms with Crippen LogP contribution in [0.4, 0.5) is 5.69 Å². The molecule has 0 aliphatic heterocycles. The van der Waals surface area contributed by atoms with Crippen LogP contribution >= 0.6 is 15.9 Å². The Morgan fingerprint density at radius 3 is 2.63 bits per heavy atom. The minimum atomic E-state index is -0.476. The second-order valence-electron chi connectivity index (χ2n) is 3.78. The Labute approximate surface area is 118 Å². The third-order valence-corrected chi connectivity index (χ3v) is 3.02. The van der Waals surface area contributed by atoms with Gasteiger partial charge in [-0.25, -0.2) is 0 Å². The van der Waals surface area contributed by atoms with Crippen molar-refractivity contribution < 1.29 is 9.66 Å². The first-order valence-corrected chi connectivity index (χ1v) is 6.31. The highest BCUT2D eigenvalue weighted by Crippen LogP contribution is 2.33. The van der Waals surface area contributed by atoms with Gasteiger partial charge in [-0.1, -0.05) is 28.1 Å². The summed E-state index contributed by atoms with van der Waals surface area (Å²) in [7, 11) is 0. The number of hydrogen-bond donors (Lipinski definition) is 1. The Balaban J connectivity index is 2.39. The lowest BCUT2D eigenvalue weighted by molar-refractivity contribution is -0.385. The van der Waals surface area contributed by atoms with Crippen molar-refractivity contribution in [3.05, 3.63) is 62.6 Å². The first-order valence-electron chi connectivity index (χ1n) is 5.51. The van der Waals surface area contributed by atoms with Gasteiger partial charge in [0, 0.05) is 22.6 Å². The summed E-state index contributed by atoms with van der Waals surface area (Å²) >= 11 is 3.34. The Morgan fingerprint density at radius 1 is 1.21 bits per heavy atom. The molecule has 0 aliphatic carbocycles. The van der Waals surface area contributed by atoms with Gasteiger partial charge in [0.05, 0.1) is 4.92 Å². The summed E-state index contributed by atoms with van der Waals surface area (Å²) in [4.78, 5) is 10.4. The number of nitrogens with zero attached hydrogens (tertiary/aromatic N) is 1. The molecule has 0 bridgehead atoms.